The summed E-state index contributed by atoms with van der Waals surface area (Å²) < 4.78 is 1.62. The maximum atomic E-state index is 13.1. The lowest BCUT2D eigenvalue weighted by molar-refractivity contribution is 0.838. The van der Waals surface area contributed by atoms with Crippen LogP contribution in [0.2, 0.25) is 0 Å². The van der Waals surface area contributed by atoms with Gasteiger partial charge in [-0.25, -0.2) is 4.68 Å². The molecule has 0 bridgehead atoms. The summed E-state index contributed by atoms with van der Waals surface area (Å²) in [6.45, 7) is 6.29. The Morgan fingerprint density at radius 2 is 1.56 bits per heavy atom. The second kappa shape index (κ2) is 8.16. The third-order valence-corrected chi connectivity index (χ3v) is 4.87. The first-order valence-corrected chi connectivity index (χ1v) is 9.45. The molecular weight excluding hydrogens is 336 g/mol. The molecule has 5 heteroatoms. The zero-order valence-corrected chi connectivity index (χ0v) is 16.6. The van der Waals surface area contributed by atoms with Crippen LogP contribution >= 0.6 is 0 Å². The molecule has 0 amide bonds. The number of H-pyrrole nitrogens is 1. The van der Waals surface area contributed by atoms with E-state index >= 15 is 0 Å². The molecule has 0 spiro atoms. The van der Waals surface area contributed by atoms with Gasteiger partial charge in [0, 0.05) is 39.3 Å². The van der Waals surface area contributed by atoms with Crippen molar-refractivity contribution in [3.63, 3.8) is 0 Å². The molecule has 0 radical (unpaired) electrons. The first-order valence-electron chi connectivity index (χ1n) is 9.45. The molecule has 5 nitrogen and oxygen atoms in total. The second-order valence-electron chi connectivity index (χ2n) is 6.83. The van der Waals surface area contributed by atoms with Crippen LogP contribution < -0.4 is 15.4 Å². The van der Waals surface area contributed by atoms with Crippen LogP contribution in [-0.2, 0) is 6.42 Å². The van der Waals surface area contributed by atoms with E-state index in [4.69, 9.17) is 0 Å². The minimum Gasteiger partial charge on any atom is -0.372 e. The van der Waals surface area contributed by atoms with Crippen LogP contribution in [0.4, 0.5) is 11.5 Å². The molecule has 1 aromatic heterocycles. The van der Waals surface area contributed by atoms with E-state index in [1.54, 1.807) is 4.68 Å². The first kappa shape index (κ1) is 18.8. The molecule has 0 unspecified atom stereocenters. The Kier molecular flexibility index (Phi) is 5.69. The van der Waals surface area contributed by atoms with Crippen LogP contribution in [0.5, 0.6) is 0 Å². The summed E-state index contributed by atoms with van der Waals surface area (Å²) in [4.78, 5) is 17.3. The van der Waals surface area contributed by atoms with Gasteiger partial charge in [0.1, 0.15) is 5.82 Å². The number of nitrogens with zero attached hydrogens (tertiary/aromatic N) is 3. The van der Waals surface area contributed by atoms with Crippen molar-refractivity contribution in [1.82, 2.24) is 9.78 Å². The maximum Gasteiger partial charge on any atom is 0.276 e. The molecular formula is C22H28N4O. The second-order valence-corrected chi connectivity index (χ2v) is 6.83. The fourth-order valence-electron chi connectivity index (χ4n) is 3.37. The van der Waals surface area contributed by atoms with Crippen LogP contribution in [0.25, 0.3) is 5.69 Å². The molecule has 0 aliphatic carbocycles. The minimum absolute atomic E-state index is 0.00211. The number of aromatic nitrogens is 2. The number of hydrogen-bond acceptors (Lipinski definition) is 3. The van der Waals surface area contributed by atoms with E-state index < -0.39 is 0 Å². The van der Waals surface area contributed by atoms with E-state index in [-0.39, 0.29) is 5.56 Å². The largest absolute Gasteiger partial charge is 0.372 e. The van der Waals surface area contributed by atoms with Crippen molar-refractivity contribution in [2.24, 2.45) is 0 Å². The molecule has 0 fully saturated rings. The lowest BCUT2D eigenvalue weighted by Crippen LogP contribution is -2.21. The quantitative estimate of drug-likeness (QED) is 0.696. The Balaban J connectivity index is 1.95. The van der Waals surface area contributed by atoms with Gasteiger partial charge in [-0.1, -0.05) is 30.3 Å². The Bertz CT molecular complexity index is 919. The highest BCUT2D eigenvalue weighted by molar-refractivity contribution is 5.51. The first-order chi connectivity index (χ1) is 13.0. The van der Waals surface area contributed by atoms with Gasteiger partial charge in [0.05, 0.1) is 11.3 Å². The van der Waals surface area contributed by atoms with Gasteiger partial charge in [-0.05, 0) is 43.7 Å². The van der Waals surface area contributed by atoms with Gasteiger partial charge < -0.3 is 9.80 Å². The summed E-state index contributed by atoms with van der Waals surface area (Å²) in [7, 11) is 3.90. The van der Waals surface area contributed by atoms with Gasteiger partial charge >= 0.3 is 0 Å². The molecule has 1 heterocycles. The average Bonchev–Trinajstić information content (AvgIpc) is 3.01. The number of aromatic amines is 1. The van der Waals surface area contributed by atoms with Gasteiger partial charge in [-0.15, -0.1) is 0 Å². The lowest BCUT2D eigenvalue weighted by Gasteiger charge is -2.21. The molecule has 0 saturated heterocycles. The Labute approximate surface area is 160 Å². The number of benzene rings is 2. The molecule has 27 heavy (non-hydrogen) atoms. The third-order valence-electron chi connectivity index (χ3n) is 4.87. The third kappa shape index (κ3) is 3.92. The fraction of sp³-hybridized carbons (Fsp3) is 0.318. The molecule has 0 saturated carbocycles. The van der Waals surface area contributed by atoms with E-state index in [1.807, 2.05) is 49.3 Å². The molecule has 0 aliphatic heterocycles. The zero-order chi connectivity index (χ0) is 19.4. The SMILES string of the molecule is CCN(CC)c1ccc(Cc2c(N(C)C)[nH]n(-c3ccccc3)c2=O)cc1. The number of para-hydroxylation sites is 1. The molecule has 0 atom stereocenters. The highest BCUT2D eigenvalue weighted by Gasteiger charge is 2.17. The predicted molar refractivity (Wildman–Crippen MR) is 114 cm³/mol. The van der Waals surface area contributed by atoms with Gasteiger partial charge in [0.2, 0.25) is 0 Å². The van der Waals surface area contributed by atoms with Crippen molar-refractivity contribution >= 4 is 11.5 Å². The molecule has 3 rings (SSSR count). The van der Waals surface area contributed by atoms with Crippen LogP contribution in [0.15, 0.2) is 59.4 Å². The van der Waals surface area contributed by atoms with Crippen molar-refractivity contribution < 1.29 is 0 Å². The molecule has 2 aromatic carbocycles. The van der Waals surface area contributed by atoms with Gasteiger partial charge in [0.15, 0.2) is 0 Å². The van der Waals surface area contributed by atoms with Crippen LogP contribution in [-0.4, -0.2) is 37.0 Å². The molecule has 1 N–H and O–H groups in total. The van der Waals surface area contributed by atoms with Crippen molar-refractivity contribution in [2.45, 2.75) is 20.3 Å². The number of anilines is 2. The van der Waals surface area contributed by atoms with E-state index in [0.717, 1.165) is 35.7 Å². The van der Waals surface area contributed by atoms with Crippen LogP contribution in [0, 0.1) is 0 Å². The summed E-state index contributed by atoms with van der Waals surface area (Å²) in [5.41, 5.74) is 3.96. The Hall–Kier alpha value is -2.95. The van der Waals surface area contributed by atoms with Gasteiger partial charge in [-0.3, -0.25) is 9.89 Å². The fourth-order valence-corrected chi connectivity index (χ4v) is 3.37. The van der Waals surface area contributed by atoms with Gasteiger partial charge in [0.25, 0.3) is 5.56 Å². The summed E-state index contributed by atoms with van der Waals surface area (Å²) in [6.07, 6.45) is 0.598. The van der Waals surface area contributed by atoms with Gasteiger partial charge in [-0.2, -0.15) is 0 Å². The van der Waals surface area contributed by atoms with Crippen LogP contribution in [0.3, 0.4) is 0 Å². The van der Waals surface area contributed by atoms with Crippen molar-refractivity contribution in [3.8, 4) is 5.69 Å². The standard InChI is InChI=1S/C22H28N4O/c1-5-25(6-2)18-14-12-17(13-15-18)16-20-21(24(3)4)23-26(22(20)27)19-10-8-7-9-11-19/h7-15,23H,5-6,16H2,1-4H3. The van der Waals surface area contributed by atoms with E-state index in [2.05, 4.69) is 48.1 Å². The predicted octanol–water partition coefficient (Wildman–Crippen LogP) is 3.67. The highest BCUT2D eigenvalue weighted by atomic mass is 16.1. The highest BCUT2D eigenvalue weighted by Crippen LogP contribution is 2.21. The molecule has 3 aromatic rings. The number of hydrogen-bond donors (Lipinski definition) is 1. The zero-order valence-electron chi connectivity index (χ0n) is 16.6. The van der Waals surface area contributed by atoms with E-state index in [0.29, 0.717) is 6.42 Å². The maximum absolute atomic E-state index is 13.1. The average molecular weight is 364 g/mol. The summed E-state index contributed by atoms with van der Waals surface area (Å²) >= 11 is 0. The smallest absolute Gasteiger partial charge is 0.276 e. The normalized spacial score (nSPS) is 10.8. The van der Waals surface area contributed by atoms with Crippen LogP contribution in [0.1, 0.15) is 25.0 Å². The number of nitrogens with one attached hydrogen (secondary N) is 1. The summed E-state index contributed by atoms with van der Waals surface area (Å²) in [6, 6.07) is 18.2. The van der Waals surface area contributed by atoms with E-state index in [1.165, 1.54) is 5.69 Å². The lowest BCUT2D eigenvalue weighted by atomic mass is 10.1. The minimum atomic E-state index is -0.00211. The Morgan fingerprint density at radius 3 is 2.11 bits per heavy atom. The van der Waals surface area contributed by atoms with Crippen molar-refractivity contribution in [3.05, 3.63) is 76.1 Å². The number of rotatable bonds is 7. The summed E-state index contributed by atoms with van der Waals surface area (Å²) in [5, 5.41) is 3.26. The summed E-state index contributed by atoms with van der Waals surface area (Å²) in [5.74, 6) is 0.844. The van der Waals surface area contributed by atoms with Crippen molar-refractivity contribution in [2.75, 3.05) is 37.0 Å². The molecule has 0 aliphatic rings. The van der Waals surface area contributed by atoms with E-state index in [9.17, 15) is 4.79 Å². The molecule has 142 valence electrons. The topological polar surface area (TPSA) is 44.3 Å². The Morgan fingerprint density at radius 1 is 0.926 bits per heavy atom. The van der Waals surface area contributed by atoms with Crippen molar-refractivity contribution in [1.29, 1.82) is 0 Å². The monoisotopic (exact) mass is 364 g/mol.